The maximum Gasteiger partial charge on any atom is 0.322 e. The van der Waals surface area contributed by atoms with Gasteiger partial charge in [-0.25, -0.2) is 4.79 Å². The van der Waals surface area contributed by atoms with Gasteiger partial charge in [0.1, 0.15) is 5.54 Å². The summed E-state index contributed by atoms with van der Waals surface area (Å²) in [6, 6.07) is 8.03. The number of nitrogens with one attached hydrogen (secondary N) is 2. The molecule has 2 fully saturated rings. The lowest BCUT2D eigenvalue weighted by Crippen LogP contribution is -2.50. The molecule has 0 aromatic heterocycles. The summed E-state index contributed by atoms with van der Waals surface area (Å²) in [6.45, 7) is 6.73. The average molecular weight is 358 g/mol. The molecule has 7 heteroatoms. The third-order valence-electron chi connectivity index (χ3n) is 5.27. The van der Waals surface area contributed by atoms with E-state index < -0.39 is 11.6 Å². The number of urea groups is 1. The van der Waals surface area contributed by atoms with E-state index in [9.17, 15) is 14.4 Å². The van der Waals surface area contributed by atoms with Crippen molar-refractivity contribution >= 4 is 23.5 Å². The topological polar surface area (TPSA) is 81.8 Å². The molecule has 2 heterocycles. The number of anilines is 1. The zero-order valence-corrected chi connectivity index (χ0v) is 15.4. The fraction of sp³-hybridized carbons (Fsp3) is 0.526. The molecule has 2 aliphatic rings. The highest BCUT2D eigenvalue weighted by molar-refractivity contribution is 6.06. The second kappa shape index (κ2) is 7.35. The molecule has 4 amide bonds. The van der Waals surface area contributed by atoms with E-state index in [4.69, 9.17) is 0 Å². The van der Waals surface area contributed by atoms with Gasteiger partial charge in [0.05, 0.1) is 0 Å². The summed E-state index contributed by atoms with van der Waals surface area (Å²) in [7, 11) is 0. The molecule has 2 N–H and O–H groups in total. The van der Waals surface area contributed by atoms with Gasteiger partial charge in [-0.15, -0.1) is 0 Å². The van der Waals surface area contributed by atoms with Gasteiger partial charge in [-0.05, 0) is 37.5 Å². The fourth-order valence-corrected chi connectivity index (χ4v) is 3.46. The maximum atomic E-state index is 12.5. The molecule has 0 saturated carbocycles. The molecule has 7 nitrogen and oxygen atoms in total. The standard InChI is InChI=1S/C19H26N4O3/c1-3-14-5-4-6-15(13-14)22-9-11-23(12-10-22)16(24)7-8-19(2)17(25)20-18(26)21-19/h4-6,13H,3,7-12H2,1-2H3,(H2,20,21,25,26)/t19-/m1/s1. The molecule has 140 valence electrons. The molecule has 26 heavy (non-hydrogen) atoms. The zero-order chi connectivity index (χ0) is 18.7. The molecule has 1 aromatic rings. The van der Waals surface area contributed by atoms with Crippen molar-refractivity contribution in [2.45, 2.75) is 38.6 Å². The van der Waals surface area contributed by atoms with Crippen LogP contribution in [0, 0.1) is 0 Å². The molecule has 0 unspecified atom stereocenters. The van der Waals surface area contributed by atoms with E-state index >= 15 is 0 Å². The summed E-state index contributed by atoms with van der Waals surface area (Å²) >= 11 is 0. The van der Waals surface area contributed by atoms with Crippen LogP contribution >= 0.6 is 0 Å². The van der Waals surface area contributed by atoms with Crippen molar-refractivity contribution in [2.75, 3.05) is 31.1 Å². The van der Waals surface area contributed by atoms with Gasteiger partial charge >= 0.3 is 6.03 Å². The predicted molar refractivity (Wildman–Crippen MR) is 98.9 cm³/mol. The van der Waals surface area contributed by atoms with E-state index in [0.717, 1.165) is 19.5 Å². The third kappa shape index (κ3) is 3.81. The minimum absolute atomic E-state index is 0.0298. The van der Waals surface area contributed by atoms with Crippen molar-refractivity contribution in [3.63, 3.8) is 0 Å². The van der Waals surface area contributed by atoms with Crippen LogP contribution in [0.15, 0.2) is 24.3 Å². The van der Waals surface area contributed by atoms with Crippen molar-refractivity contribution in [3.8, 4) is 0 Å². The molecular weight excluding hydrogens is 332 g/mol. The first-order valence-electron chi connectivity index (χ1n) is 9.16. The van der Waals surface area contributed by atoms with Gasteiger partial charge < -0.3 is 15.1 Å². The Morgan fingerprint density at radius 2 is 1.92 bits per heavy atom. The Morgan fingerprint density at radius 3 is 2.54 bits per heavy atom. The number of piperazine rings is 1. The lowest BCUT2D eigenvalue weighted by atomic mass is 9.96. The smallest absolute Gasteiger partial charge is 0.322 e. The predicted octanol–water partition coefficient (Wildman–Crippen LogP) is 1.28. The molecule has 2 aliphatic heterocycles. The van der Waals surface area contributed by atoms with Crippen LogP contribution < -0.4 is 15.5 Å². The number of imide groups is 1. The molecule has 1 aromatic carbocycles. The Morgan fingerprint density at radius 1 is 1.19 bits per heavy atom. The van der Waals surface area contributed by atoms with E-state index in [1.807, 2.05) is 4.90 Å². The van der Waals surface area contributed by atoms with Crippen LogP contribution in [-0.4, -0.2) is 54.5 Å². The van der Waals surface area contributed by atoms with Gasteiger partial charge in [0.2, 0.25) is 5.91 Å². The lowest BCUT2D eigenvalue weighted by molar-refractivity contribution is -0.132. The number of nitrogens with zero attached hydrogens (tertiary/aromatic N) is 2. The van der Waals surface area contributed by atoms with Crippen molar-refractivity contribution in [1.82, 2.24) is 15.5 Å². The Kier molecular flexibility index (Phi) is 5.15. The highest BCUT2D eigenvalue weighted by Crippen LogP contribution is 2.21. The van der Waals surface area contributed by atoms with Crippen LogP contribution in [0.25, 0.3) is 0 Å². The van der Waals surface area contributed by atoms with Crippen molar-refractivity contribution in [3.05, 3.63) is 29.8 Å². The quantitative estimate of drug-likeness (QED) is 0.777. The molecule has 0 radical (unpaired) electrons. The van der Waals surface area contributed by atoms with Gasteiger partial charge in [-0.1, -0.05) is 19.1 Å². The third-order valence-corrected chi connectivity index (χ3v) is 5.27. The second-order valence-electron chi connectivity index (χ2n) is 7.13. The summed E-state index contributed by atoms with van der Waals surface area (Å²) in [5.74, 6) is -0.335. The molecule has 0 spiro atoms. The van der Waals surface area contributed by atoms with Crippen LogP contribution in [-0.2, 0) is 16.0 Å². The first-order chi connectivity index (χ1) is 12.4. The van der Waals surface area contributed by atoms with Gasteiger partial charge in [-0.3, -0.25) is 14.9 Å². The van der Waals surface area contributed by atoms with Crippen LogP contribution in [0.5, 0.6) is 0 Å². The number of hydrogen-bond donors (Lipinski definition) is 2. The second-order valence-corrected chi connectivity index (χ2v) is 7.13. The van der Waals surface area contributed by atoms with E-state index in [2.05, 4.69) is 46.7 Å². The molecular formula is C19H26N4O3. The van der Waals surface area contributed by atoms with Crippen molar-refractivity contribution in [1.29, 1.82) is 0 Å². The monoisotopic (exact) mass is 358 g/mol. The van der Waals surface area contributed by atoms with Crippen LogP contribution in [0.4, 0.5) is 10.5 Å². The number of carbonyl (C=O) groups is 3. The summed E-state index contributed by atoms with van der Waals surface area (Å²) < 4.78 is 0. The van der Waals surface area contributed by atoms with E-state index in [1.165, 1.54) is 11.3 Å². The maximum absolute atomic E-state index is 12.5. The Hall–Kier alpha value is -2.57. The summed E-state index contributed by atoms with van der Waals surface area (Å²) in [4.78, 5) is 39.7. The fourth-order valence-electron chi connectivity index (χ4n) is 3.46. The van der Waals surface area contributed by atoms with Gasteiger partial charge in [0, 0.05) is 38.3 Å². The summed E-state index contributed by atoms with van der Waals surface area (Å²) in [5.41, 5.74) is 1.52. The molecule has 3 rings (SSSR count). The summed E-state index contributed by atoms with van der Waals surface area (Å²) in [5, 5.41) is 4.82. The SMILES string of the molecule is CCc1cccc(N2CCN(C(=O)CC[C@@]3(C)NC(=O)NC3=O)CC2)c1. The number of hydrogen-bond acceptors (Lipinski definition) is 4. The zero-order valence-electron chi connectivity index (χ0n) is 15.4. The van der Waals surface area contributed by atoms with Gasteiger partial charge in [0.25, 0.3) is 5.91 Å². The largest absolute Gasteiger partial charge is 0.368 e. The minimum atomic E-state index is -0.991. The van der Waals surface area contributed by atoms with Gasteiger partial charge in [0.15, 0.2) is 0 Å². The van der Waals surface area contributed by atoms with E-state index in [-0.39, 0.29) is 18.2 Å². The Labute approximate surface area is 153 Å². The lowest BCUT2D eigenvalue weighted by Gasteiger charge is -2.36. The number of aryl methyl sites for hydroxylation is 1. The van der Waals surface area contributed by atoms with Crippen molar-refractivity contribution < 1.29 is 14.4 Å². The van der Waals surface area contributed by atoms with Crippen LogP contribution in [0.1, 0.15) is 32.3 Å². The van der Waals surface area contributed by atoms with Crippen molar-refractivity contribution in [2.24, 2.45) is 0 Å². The molecule has 2 saturated heterocycles. The Bertz CT molecular complexity index is 712. The first kappa shape index (κ1) is 18.2. The van der Waals surface area contributed by atoms with Crippen LogP contribution in [0.3, 0.4) is 0 Å². The van der Waals surface area contributed by atoms with E-state index in [1.54, 1.807) is 6.92 Å². The highest BCUT2D eigenvalue weighted by atomic mass is 16.2. The molecule has 0 aliphatic carbocycles. The first-order valence-corrected chi connectivity index (χ1v) is 9.16. The summed E-state index contributed by atoms with van der Waals surface area (Å²) in [6.07, 6.45) is 1.56. The number of rotatable bonds is 5. The number of amides is 4. The normalized spacial score (nSPS) is 23.0. The Balaban J connectivity index is 1.50. The van der Waals surface area contributed by atoms with Crippen LogP contribution in [0.2, 0.25) is 0 Å². The minimum Gasteiger partial charge on any atom is -0.368 e. The molecule has 1 atom stereocenters. The highest BCUT2D eigenvalue weighted by Gasteiger charge is 2.42. The van der Waals surface area contributed by atoms with Gasteiger partial charge in [-0.2, -0.15) is 0 Å². The van der Waals surface area contributed by atoms with E-state index in [0.29, 0.717) is 19.5 Å². The average Bonchev–Trinajstić information content (AvgIpc) is 2.92. The number of benzene rings is 1. The number of carbonyl (C=O) groups excluding carboxylic acids is 3. The molecule has 0 bridgehead atoms.